The van der Waals surface area contributed by atoms with Crippen LogP contribution in [0.25, 0.3) is 0 Å². The molecule has 2 aromatic carbocycles. The van der Waals surface area contributed by atoms with Gasteiger partial charge in [0.15, 0.2) is 0 Å². The minimum Gasteiger partial charge on any atom is -0.389 e. The molecule has 0 saturated carbocycles. The Balaban J connectivity index is 1.56. The maximum absolute atomic E-state index is 10.8. The fraction of sp³-hybridized carbons (Fsp3) is 0.304. The normalized spacial score (nSPS) is 23.8. The number of aliphatic hydroxyl groups excluding tert-OH is 1. The largest absolute Gasteiger partial charge is 0.389 e. The molecular formula is C23H24Br2N2O. The van der Waals surface area contributed by atoms with Gasteiger partial charge < -0.3 is 15.3 Å². The van der Waals surface area contributed by atoms with Gasteiger partial charge in [-0.3, -0.25) is 0 Å². The summed E-state index contributed by atoms with van der Waals surface area (Å²) in [4.78, 5) is 2.33. The molecule has 2 aromatic rings. The third-order valence-electron chi connectivity index (χ3n) is 5.75. The number of β-amino-alcohol motifs (C(OH)–C–C–N with tert-alkyl or cyclic N) is 1. The zero-order valence-electron chi connectivity index (χ0n) is 16.0. The highest BCUT2D eigenvalue weighted by Crippen LogP contribution is 2.50. The van der Waals surface area contributed by atoms with Crippen molar-refractivity contribution in [1.82, 2.24) is 0 Å². The van der Waals surface area contributed by atoms with E-state index in [-0.39, 0.29) is 11.5 Å². The highest BCUT2D eigenvalue weighted by Gasteiger charge is 2.46. The lowest BCUT2D eigenvalue weighted by Gasteiger charge is -2.36. The van der Waals surface area contributed by atoms with Crippen LogP contribution in [-0.2, 0) is 5.41 Å². The lowest BCUT2D eigenvalue weighted by Crippen LogP contribution is -2.46. The summed E-state index contributed by atoms with van der Waals surface area (Å²) in [5.41, 5.74) is 4.60. The van der Waals surface area contributed by atoms with Crippen molar-refractivity contribution in [3.05, 3.63) is 80.8 Å². The number of hydrogen-bond donors (Lipinski definition) is 2. The number of nitrogens with zero attached hydrogens (tertiary/aromatic N) is 1. The van der Waals surface area contributed by atoms with Gasteiger partial charge in [-0.15, -0.1) is 0 Å². The number of allylic oxidation sites excluding steroid dienone is 2. The maximum atomic E-state index is 10.8. The summed E-state index contributed by atoms with van der Waals surface area (Å²) in [5.74, 6) is 0. The number of rotatable bonds is 5. The van der Waals surface area contributed by atoms with Crippen molar-refractivity contribution < 1.29 is 5.11 Å². The van der Waals surface area contributed by atoms with E-state index in [9.17, 15) is 5.11 Å². The highest BCUT2D eigenvalue weighted by atomic mass is 79.9. The zero-order chi connectivity index (χ0) is 19.9. The average molecular weight is 504 g/mol. The molecular weight excluding hydrogens is 480 g/mol. The molecule has 0 radical (unpaired) electrons. The molecule has 0 bridgehead atoms. The van der Waals surface area contributed by atoms with E-state index >= 15 is 0 Å². The van der Waals surface area contributed by atoms with Crippen LogP contribution in [0.4, 0.5) is 11.4 Å². The van der Waals surface area contributed by atoms with Gasteiger partial charge in [-0.05, 0) is 49.2 Å². The summed E-state index contributed by atoms with van der Waals surface area (Å²) in [6.45, 7) is 5.43. The molecule has 5 heteroatoms. The van der Waals surface area contributed by atoms with E-state index in [1.54, 1.807) is 0 Å². The SMILES string of the molecule is Cc1ccccc1NCC(O)CN1c2ccc(Br)cc2C2(C)C=C(Br)C=CC12. The molecule has 1 aliphatic carbocycles. The molecule has 0 saturated heterocycles. The van der Waals surface area contributed by atoms with Gasteiger partial charge in [0.05, 0.1) is 12.1 Å². The van der Waals surface area contributed by atoms with Gasteiger partial charge in [0.2, 0.25) is 0 Å². The standard InChI is InChI=1S/C23H24Br2N2O/c1-15-5-3-4-6-20(15)26-13-18(28)14-27-21-9-7-16(24)11-19(21)23(2)12-17(25)8-10-22(23)27/h3-12,18,22,26,28H,13-14H2,1-2H3. The van der Waals surface area contributed by atoms with Crippen LogP contribution in [0.1, 0.15) is 18.1 Å². The first-order chi connectivity index (χ1) is 13.4. The number of nitrogens with one attached hydrogen (secondary N) is 1. The number of halogens is 2. The van der Waals surface area contributed by atoms with Gasteiger partial charge in [-0.25, -0.2) is 0 Å². The Morgan fingerprint density at radius 2 is 2.00 bits per heavy atom. The zero-order valence-corrected chi connectivity index (χ0v) is 19.2. The Kier molecular flexibility index (Phi) is 5.43. The third kappa shape index (κ3) is 3.56. The summed E-state index contributed by atoms with van der Waals surface area (Å²) < 4.78 is 2.18. The molecule has 1 aliphatic heterocycles. The smallest absolute Gasteiger partial charge is 0.0887 e. The van der Waals surface area contributed by atoms with E-state index in [4.69, 9.17) is 0 Å². The Labute approximate surface area is 183 Å². The van der Waals surface area contributed by atoms with Gasteiger partial charge in [0.25, 0.3) is 0 Å². The predicted octanol–water partition coefficient (Wildman–Crippen LogP) is 5.53. The van der Waals surface area contributed by atoms with E-state index in [0.717, 1.165) is 14.6 Å². The Bertz CT molecular complexity index is 955. The summed E-state index contributed by atoms with van der Waals surface area (Å²) in [6, 6.07) is 14.8. The van der Waals surface area contributed by atoms with Crippen molar-refractivity contribution in [2.75, 3.05) is 23.3 Å². The minimum absolute atomic E-state index is 0.129. The minimum atomic E-state index is -0.485. The number of fused-ring (bicyclic) bond motifs is 3. The van der Waals surface area contributed by atoms with Crippen molar-refractivity contribution >= 4 is 43.2 Å². The highest BCUT2D eigenvalue weighted by molar-refractivity contribution is 9.12. The van der Waals surface area contributed by atoms with Crippen molar-refractivity contribution in [2.45, 2.75) is 31.4 Å². The second kappa shape index (κ2) is 7.69. The van der Waals surface area contributed by atoms with Crippen LogP contribution in [0.3, 0.4) is 0 Å². The number of para-hydroxylation sites is 1. The summed E-state index contributed by atoms with van der Waals surface area (Å²) in [7, 11) is 0. The van der Waals surface area contributed by atoms with Gasteiger partial charge in [0.1, 0.15) is 0 Å². The van der Waals surface area contributed by atoms with Crippen LogP contribution in [0.5, 0.6) is 0 Å². The number of anilines is 2. The topological polar surface area (TPSA) is 35.5 Å². The summed E-state index contributed by atoms with van der Waals surface area (Å²) in [5, 5.41) is 14.2. The van der Waals surface area contributed by atoms with Gasteiger partial charge in [0, 0.05) is 38.8 Å². The molecule has 0 fully saturated rings. The van der Waals surface area contributed by atoms with E-state index in [1.807, 2.05) is 18.2 Å². The number of aliphatic hydroxyl groups is 1. The number of aryl methyl sites for hydroxylation is 1. The van der Waals surface area contributed by atoms with Crippen LogP contribution in [0.2, 0.25) is 0 Å². The van der Waals surface area contributed by atoms with E-state index in [0.29, 0.717) is 13.1 Å². The van der Waals surface area contributed by atoms with Crippen molar-refractivity contribution in [3.63, 3.8) is 0 Å². The molecule has 28 heavy (non-hydrogen) atoms. The lowest BCUT2D eigenvalue weighted by molar-refractivity contribution is 0.190. The van der Waals surface area contributed by atoms with E-state index < -0.39 is 6.10 Å². The molecule has 3 nitrogen and oxygen atoms in total. The number of hydrogen-bond acceptors (Lipinski definition) is 3. The van der Waals surface area contributed by atoms with Crippen molar-refractivity contribution in [3.8, 4) is 0 Å². The molecule has 146 valence electrons. The van der Waals surface area contributed by atoms with E-state index in [1.165, 1.54) is 16.8 Å². The first kappa shape index (κ1) is 19.7. The van der Waals surface area contributed by atoms with Crippen LogP contribution in [0.15, 0.2) is 69.6 Å². The fourth-order valence-electron chi connectivity index (χ4n) is 4.31. The molecule has 0 spiro atoms. The lowest BCUT2D eigenvalue weighted by atomic mass is 9.76. The van der Waals surface area contributed by atoms with Crippen LogP contribution in [0, 0.1) is 6.92 Å². The molecule has 0 amide bonds. The third-order valence-corrected chi connectivity index (χ3v) is 6.74. The second-order valence-electron chi connectivity index (χ2n) is 7.78. The maximum Gasteiger partial charge on any atom is 0.0887 e. The monoisotopic (exact) mass is 502 g/mol. The first-order valence-corrected chi connectivity index (χ1v) is 11.1. The molecule has 3 unspecified atom stereocenters. The van der Waals surface area contributed by atoms with Gasteiger partial charge in [-0.2, -0.15) is 0 Å². The second-order valence-corrected chi connectivity index (χ2v) is 9.61. The van der Waals surface area contributed by atoms with E-state index in [2.05, 4.69) is 98.4 Å². The van der Waals surface area contributed by atoms with Crippen molar-refractivity contribution in [2.24, 2.45) is 0 Å². The van der Waals surface area contributed by atoms with Crippen molar-refractivity contribution in [1.29, 1.82) is 0 Å². The summed E-state index contributed by atoms with van der Waals surface area (Å²) >= 11 is 7.26. The Morgan fingerprint density at radius 3 is 2.79 bits per heavy atom. The van der Waals surface area contributed by atoms with Gasteiger partial charge in [-0.1, -0.05) is 68.3 Å². The Hall–Kier alpha value is -1.56. The Morgan fingerprint density at radius 1 is 1.21 bits per heavy atom. The molecule has 2 aliphatic rings. The molecule has 4 rings (SSSR count). The van der Waals surface area contributed by atoms with Crippen LogP contribution in [-0.4, -0.2) is 30.3 Å². The molecule has 1 heterocycles. The van der Waals surface area contributed by atoms with Crippen LogP contribution >= 0.6 is 31.9 Å². The first-order valence-electron chi connectivity index (χ1n) is 9.49. The quantitative estimate of drug-likeness (QED) is 0.563. The molecule has 3 atom stereocenters. The van der Waals surface area contributed by atoms with Gasteiger partial charge >= 0.3 is 0 Å². The molecule has 2 N–H and O–H groups in total. The number of benzene rings is 2. The average Bonchev–Trinajstić information content (AvgIpc) is 2.88. The predicted molar refractivity (Wildman–Crippen MR) is 124 cm³/mol. The summed E-state index contributed by atoms with van der Waals surface area (Å²) in [6.07, 6.45) is 6.14. The fourth-order valence-corrected chi connectivity index (χ4v) is 5.30. The molecule has 0 aromatic heterocycles. The van der Waals surface area contributed by atoms with Crippen LogP contribution < -0.4 is 10.2 Å².